The van der Waals surface area contributed by atoms with Gasteiger partial charge in [0.25, 0.3) is 0 Å². The molecular weight excluding hydrogens is 310 g/mol. The van der Waals surface area contributed by atoms with Crippen LogP contribution in [0.4, 0.5) is 0 Å². The van der Waals surface area contributed by atoms with Gasteiger partial charge in [-0.1, -0.05) is 17.7 Å². The van der Waals surface area contributed by atoms with E-state index in [0.717, 1.165) is 0 Å². The molecule has 5 heteroatoms. The van der Waals surface area contributed by atoms with Crippen LogP contribution in [0.3, 0.4) is 0 Å². The van der Waals surface area contributed by atoms with Gasteiger partial charge in [-0.2, -0.15) is 0 Å². The molecule has 0 amide bonds. The van der Waals surface area contributed by atoms with Crippen molar-refractivity contribution in [1.29, 1.82) is 0 Å². The maximum atomic E-state index is 11.1. The predicted molar refractivity (Wildman–Crippen MR) is 57.3 cm³/mol. The predicted octanol–water partition coefficient (Wildman–Crippen LogP) is 2.35. The summed E-state index contributed by atoms with van der Waals surface area (Å²) in [6.07, 6.45) is 1.17. The maximum absolute atomic E-state index is 11.1. The molecule has 0 fully saturated rings. The first-order chi connectivity index (χ1) is 5.43. The van der Waals surface area contributed by atoms with E-state index in [-0.39, 0.29) is 4.90 Å². The Kier molecular flexibility index (Phi) is 3.01. The lowest BCUT2D eigenvalue weighted by molar-refractivity contribution is 0.601. The summed E-state index contributed by atoms with van der Waals surface area (Å²) in [4.78, 5) is 0.288. The van der Waals surface area contributed by atoms with Gasteiger partial charge < -0.3 is 0 Å². The first-order valence-electron chi connectivity index (χ1n) is 3.07. The zero-order valence-electron chi connectivity index (χ0n) is 6.21. The Bertz CT molecular complexity index is 400. The lowest BCUT2D eigenvalue weighted by Crippen LogP contribution is -1.99. The van der Waals surface area contributed by atoms with Crippen LogP contribution in [0, 0.1) is 3.57 Å². The number of hydrogen-bond acceptors (Lipinski definition) is 2. The van der Waals surface area contributed by atoms with E-state index in [4.69, 9.17) is 11.6 Å². The fourth-order valence-corrected chi connectivity index (χ4v) is 3.32. The molecule has 1 aromatic rings. The molecule has 0 heterocycles. The number of hydrogen-bond donors (Lipinski definition) is 0. The molecule has 0 aliphatic rings. The van der Waals surface area contributed by atoms with Crippen LogP contribution >= 0.6 is 34.2 Å². The van der Waals surface area contributed by atoms with Crippen LogP contribution in [0.1, 0.15) is 0 Å². The van der Waals surface area contributed by atoms with E-state index in [2.05, 4.69) is 0 Å². The van der Waals surface area contributed by atoms with Crippen molar-refractivity contribution in [3.05, 3.63) is 26.8 Å². The molecule has 2 nitrogen and oxygen atoms in total. The summed E-state index contributed by atoms with van der Waals surface area (Å²) in [5.74, 6) is 0. The Balaban J connectivity index is 3.47. The normalized spacial score (nSPS) is 11.6. The first kappa shape index (κ1) is 10.3. The van der Waals surface area contributed by atoms with E-state index >= 15 is 0 Å². The highest BCUT2D eigenvalue weighted by Crippen LogP contribution is 2.25. The highest BCUT2D eigenvalue weighted by Gasteiger charge is 2.12. The monoisotopic (exact) mass is 316 g/mol. The van der Waals surface area contributed by atoms with Gasteiger partial charge >= 0.3 is 0 Å². The summed E-state index contributed by atoms with van der Waals surface area (Å²) >= 11 is 7.67. The topological polar surface area (TPSA) is 34.1 Å². The Morgan fingerprint density at radius 3 is 2.42 bits per heavy atom. The van der Waals surface area contributed by atoms with Crippen LogP contribution in [-0.2, 0) is 9.84 Å². The Hall–Kier alpha value is 0.190. The molecule has 66 valence electrons. The average molecular weight is 317 g/mol. The lowest BCUT2D eigenvalue weighted by atomic mass is 10.4. The van der Waals surface area contributed by atoms with Gasteiger partial charge in [-0.3, -0.25) is 0 Å². The van der Waals surface area contributed by atoms with E-state index < -0.39 is 9.84 Å². The fraction of sp³-hybridized carbons (Fsp3) is 0.143. The number of benzene rings is 1. The maximum Gasteiger partial charge on any atom is 0.176 e. The van der Waals surface area contributed by atoms with Gasteiger partial charge in [0.05, 0.1) is 13.5 Å². The summed E-state index contributed by atoms with van der Waals surface area (Å²) in [5, 5.41) is 0.471. The van der Waals surface area contributed by atoms with Crippen LogP contribution in [-0.4, -0.2) is 14.7 Å². The van der Waals surface area contributed by atoms with Crippen LogP contribution in [0.2, 0.25) is 5.02 Å². The molecule has 1 aromatic carbocycles. The van der Waals surface area contributed by atoms with Gasteiger partial charge in [-0.05, 0) is 34.7 Å². The minimum absolute atomic E-state index is 0.288. The molecule has 12 heavy (non-hydrogen) atoms. The van der Waals surface area contributed by atoms with Crippen molar-refractivity contribution in [3.8, 4) is 0 Å². The third-order valence-electron chi connectivity index (χ3n) is 1.32. The second-order valence-corrected chi connectivity index (χ2v) is 5.79. The molecule has 0 aliphatic heterocycles. The average Bonchev–Trinajstić information content (AvgIpc) is 1.92. The second-order valence-electron chi connectivity index (χ2n) is 2.32. The quantitative estimate of drug-likeness (QED) is 0.745. The second kappa shape index (κ2) is 3.51. The van der Waals surface area contributed by atoms with Crippen LogP contribution in [0.15, 0.2) is 23.1 Å². The molecule has 1 rings (SSSR count). The molecule has 0 atom stereocenters. The third-order valence-corrected chi connectivity index (χ3v) is 4.62. The summed E-state index contributed by atoms with van der Waals surface area (Å²) in [6, 6.07) is 4.84. The van der Waals surface area contributed by atoms with Crippen molar-refractivity contribution in [1.82, 2.24) is 0 Å². The summed E-state index contributed by atoms with van der Waals surface area (Å²) < 4.78 is 22.9. The van der Waals surface area contributed by atoms with Crippen molar-refractivity contribution in [2.45, 2.75) is 4.90 Å². The largest absolute Gasteiger partial charge is 0.224 e. The zero-order valence-corrected chi connectivity index (χ0v) is 9.94. The van der Waals surface area contributed by atoms with Crippen LogP contribution in [0.5, 0.6) is 0 Å². The highest BCUT2D eigenvalue weighted by atomic mass is 127. The lowest BCUT2D eigenvalue weighted by Gasteiger charge is -2.02. The number of sulfone groups is 1. The Morgan fingerprint density at radius 2 is 2.00 bits per heavy atom. The first-order valence-corrected chi connectivity index (χ1v) is 6.42. The number of halogens is 2. The van der Waals surface area contributed by atoms with Gasteiger partial charge in [0.1, 0.15) is 0 Å². The molecule has 0 aromatic heterocycles. The van der Waals surface area contributed by atoms with Crippen LogP contribution in [0.25, 0.3) is 0 Å². The van der Waals surface area contributed by atoms with E-state index in [1.54, 1.807) is 18.2 Å². The molecular formula is C7H6ClIO2S. The van der Waals surface area contributed by atoms with Crippen molar-refractivity contribution >= 4 is 44.0 Å². The molecule has 0 N–H and O–H groups in total. The van der Waals surface area contributed by atoms with Gasteiger partial charge in [0.15, 0.2) is 9.84 Å². The highest BCUT2D eigenvalue weighted by molar-refractivity contribution is 14.1. The number of rotatable bonds is 1. The van der Waals surface area contributed by atoms with Gasteiger partial charge in [-0.15, -0.1) is 0 Å². The molecule has 0 bridgehead atoms. The van der Waals surface area contributed by atoms with Crippen molar-refractivity contribution < 1.29 is 8.42 Å². The standard InChI is InChI=1S/C7H6ClIO2S/c1-12(10,11)6-4-2-3-5(8)7(6)9/h2-4H,1H3. The SMILES string of the molecule is CS(=O)(=O)c1cccc(Cl)c1I. The summed E-state index contributed by atoms with van der Waals surface area (Å²) in [7, 11) is -3.15. The van der Waals surface area contributed by atoms with Crippen molar-refractivity contribution in [2.75, 3.05) is 6.26 Å². The summed E-state index contributed by atoms with van der Waals surface area (Å²) in [5.41, 5.74) is 0. The van der Waals surface area contributed by atoms with Crippen molar-refractivity contribution in [2.24, 2.45) is 0 Å². The van der Waals surface area contributed by atoms with E-state index in [0.29, 0.717) is 8.59 Å². The van der Waals surface area contributed by atoms with E-state index in [1.165, 1.54) is 6.26 Å². The van der Waals surface area contributed by atoms with Gasteiger partial charge in [0, 0.05) is 6.26 Å². The van der Waals surface area contributed by atoms with Crippen molar-refractivity contribution in [3.63, 3.8) is 0 Å². The Morgan fingerprint density at radius 1 is 1.42 bits per heavy atom. The minimum atomic E-state index is -3.15. The van der Waals surface area contributed by atoms with E-state index in [9.17, 15) is 8.42 Å². The fourth-order valence-electron chi connectivity index (χ4n) is 0.770. The molecule has 0 unspecified atom stereocenters. The van der Waals surface area contributed by atoms with Crippen LogP contribution < -0.4 is 0 Å². The third kappa shape index (κ3) is 2.11. The Labute approximate surface area is 90.0 Å². The summed E-state index contributed by atoms with van der Waals surface area (Å²) in [6.45, 7) is 0. The minimum Gasteiger partial charge on any atom is -0.224 e. The molecule has 0 saturated heterocycles. The molecule has 0 aliphatic carbocycles. The molecule has 0 saturated carbocycles. The van der Waals surface area contributed by atoms with Gasteiger partial charge in [-0.25, -0.2) is 8.42 Å². The van der Waals surface area contributed by atoms with E-state index in [1.807, 2.05) is 22.6 Å². The zero-order chi connectivity index (χ0) is 9.35. The molecule has 0 radical (unpaired) electrons. The molecule has 0 spiro atoms. The smallest absolute Gasteiger partial charge is 0.176 e. The van der Waals surface area contributed by atoms with Gasteiger partial charge in [0.2, 0.25) is 0 Å².